The first-order chi connectivity index (χ1) is 3.85. The molecule has 0 nitrogen and oxygen atoms in total. The van der Waals surface area contributed by atoms with E-state index in [1.54, 1.807) is 6.42 Å². The monoisotopic (exact) mass is 128 g/mol. The minimum Gasteiger partial charge on any atom is -0.178 e. The molecule has 2 aliphatic rings. The molecule has 1 saturated carbocycles. The molecule has 2 rings (SSSR count). The minimum absolute atomic E-state index is 0.796. The van der Waals surface area contributed by atoms with Crippen LogP contribution in [0, 0.1) is 0 Å². The molecule has 1 heteroatoms. The predicted octanol–water partition coefficient (Wildman–Crippen LogP) is 2.01. The minimum atomic E-state index is 0.796. The molecule has 0 spiro atoms. The lowest BCUT2D eigenvalue weighted by atomic mass is 10.3. The molecule has 0 radical (unpaired) electrons. The largest absolute Gasteiger partial charge is 0.178 e. The summed E-state index contributed by atoms with van der Waals surface area (Å²) in [6.07, 6.45) is 2.99. The third-order valence-electron chi connectivity index (χ3n) is 2.53. The quantitative estimate of drug-likeness (QED) is 0.374. The normalized spacial score (nSPS) is 58.2. The maximum absolute atomic E-state index is 2.41. The van der Waals surface area contributed by atoms with E-state index >= 15 is 0 Å². The second-order valence-electron chi connectivity index (χ2n) is 2.72. The number of hydrogen-bond donors (Lipinski definition) is 0. The van der Waals surface area contributed by atoms with Crippen LogP contribution in [0.25, 0.3) is 0 Å². The summed E-state index contributed by atoms with van der Waals surface area (Å²) in [6.45, 7) is 4.54. The maximum atomic E-state index is 2.41. The SMILES string of the molecule is CC=S1C2CC21CC. The Balaban J connectivity index is 2.16. The van der Waals surface area contributed by atoms with Crippen LogP contribution >= 0.6 is 10.5 Å². The standard InChI is InChI=1S/C7H12S/c1-3-7-5-6(7)8(7)4-2/h4,6H,3,5H2,1-2H3. The Labute approximate surface area is 53.2 Å². The van der Waals surface area contributed by atoms with Gasteiger partial charge in [-0.3, -0.25) is 0 Å². The summed E-state index contributed by atoms with van der Waals surface area (Å²) >= 11 is 0. The van der Waals surface area contributed by atoms with Crippen LogP contribution in [0.3, 0.4) is 0 Å². The summed E-state index contributed by atoms with van der Waals surface area (Å²) in [4.78, 5) is 0. The number of fused-ring (bicyclic) bond motifs is 1. The van der Waals surface area contributed by atoms with Crippen LogP contribution in [0.2, 0.25) is 0 Å². The highest BCUT2D eigenvalue weighted by Gasteiger charge is 2.72. The van der Waals surface area contributed by atoms with Crippen LogP contribution in [0.1, 0.15) is 26.7 Å². The summed E-state index contributed by atoms with van der Waals surface area (Å²) in [7, 11) is 0.796. The molecule has 0 aromatic rings. The molecule has 3 unspecified atom stereocenters. The van der Waals surface area contributed by atoms with Gasteiger partial charge >= 0.3 is 0 Å². The summed E-state index contributed by atoms with van der Waals surface area (Å²) in [5, 5.41) is 3.58. The Morgan fingerprint density at radius 1 is 1.88 bits per heavy atom. The van der Waals surface area contributed by atoms with E-state index in [2.05, 4.69) is 19.2 Å². The summed E-state index contributed by atoms with van der Waals surface area (Å²) in [5.41, 5.74) is 0. The van der Waals surface area contributed by atoms with E-state index in [1.165, 1.54) is 6.42 Å². The van der Waals surface area contributed by atoms with Crippen molar-refractivity contribution in [3.05, 3.63) is 0 Å². The van der Waals surface area contributed by atoms with Crippen LogP contribution in [0.15, 0.2) is 0 Å². The Morgan fingerprint density at radius 2 is 2.62 bits per heavy atom. The molecule has 1 saturated heterocycles. The highest BCUT2D eigenvalue weighted by Crippen LogP contribution is 2.80. The molecule has 3 atom stereocenters. The van der Waals surface area contributed by atoms with Crippen LogP contribution in [0.5, 0.6) is 0 Å². The Morgan fingerprint density at radius 3 is 2.75 bits per heavy atom. The number of hydrogen-bond acceptors (Lipinski definition) is 0. The molecule has 1 heterocycles. The zero-order valence-electron chi connectivity index (χ0n) is 5.48. The summed E-state index contributed by atoms with van der Waals surface area (Å²) in [6, 6.07) is 0. The van der Waals surface area contributed by atoms with Gasteiger partial charge in [0.05, 0.1) is 0 Å². The second-order valence-corrected chi connectivity index (χ2v) is 5.32. The lowest BCUT2D eigenvalue weighted by Crippen LogP contribution is -1.86. The van der Waals surface area contributed by atoms with Gasteiger partial charge < -0.3 is 0 Å². The lowest BCUT2D eigenvalue weighted by Gasteiger charge is -1.97. The smallest absolute Gasteiger partial charge is 0.0233 e. The fourth-order valence-corrected chi connectivity index (χ4v) is 4.55. The zero-order chi connectivity index (χ0) is 5.78. The summed E-state index contributed by atoms with van der Waals surface area (Å²) in [5.74, 6) is 0. The van der Waals surface area contributed by atoms with Gasteiger partial charge in [-0.2, -0.15) is 10.5 Å². The molecule has 1 aliphatic carbocycles. The third kappa shape index (κ3) is 0.343. The molecule has 0 bridgehead atoms. The first kappa shape index (κ1) is 5.04. The Bertz CT molecular complexity index is 160. The highest BCUT2D eigenvalue weighted by molar-refractivity contribution is 8.25. The van der Waals surface area contributed by atoms with Crippen LogP contribution in [0.4, 0.5) is 0 Å². The molecular formula is C7H12S. The molecule has 0 N–H and O–H groups in total. The van der Waals surface area contributed by atoms with Crippen LogP contribution in [-0.2, 0) is 0 Å². The van der Waals surface area contributed by atoms with E-state index in [1.807, 2.05) is 0 Å². The highest BCUT2D eigenvalue weighted by atomic mass is 32.2. The predicted molar refractivity (Wildman–Crippen MR) is 40.8 cm³/mol. The van der Waals surface area contributed by atoms with Gasteiger partial charge in [0.2, 0.25) is 0 Å². The average Bonchev–Trinajstić information content (AvgIpc) is 2.51. The van der Waals surface area contributed by atoms with Gasteiger partial charge in [-0.05, 0) is 19.8 Å². The van der Waals surface area contributed by atoms with E-state index in [-0.39, 0.29) is 0 Å². The van der Waals surface area contributed by atoms with Gasteiger partial charge in [0, 0.05) is 10.00 Å². The second kappa shape index (κ2) is 1.21. The molecule has 1 aliphatic heterocycles. The Hall–Kier alpha value is 0.220. The zero-order valence-corrected chi connectivity index (χ0v) is 6.29. The third-order valence-corrected chi connectivity index (χ3v) is 5.69. The molecule has 8 heavy (non-hydrogen) atoms. The van der Waals surface area contributed by atoms with Crippen molar-refractivity contribution in [3.8, 4) is 0 Å². The number of rotatable bonds is 1. The molecule has 0 aromatic carbocycles. The van der Waals surface area contributed by atoms with Gasteiger partial charge in [-0.1, -0.05) is 12.3 Å². The van der Waals surface area contributed by atoms with Crippen molar-refractivity contribution < 1.29 is 0 Å². The van der Waals surface area contributed by atoms with Gasteiger partial charge in [-0.25, -0.2) is 0 Å². The van der Waals surface area contributed by atoms with Crippen molar-refractivity contribution in [2.45, 2.75) is 36.7 Å². The van der Waals surface area contributed by atoms with E-state index in [9.17, 15) is 0 Å². The van der Waals surface area contributed by atoms with E-state index in [0.29, 0.717) is 0 Å². The fourth-order valence-electron chi connectivity index (χ4n) is 1.70. The lowest BCUT2D eigenvalue weighted by molar-refractivity contribution is 0.896. The van der Waals surface area contributed by atoms with Gasteiger partial charge in [-0.15, -0.1) is 0 Å². The van der Waals surface area contributed by atoms with Crippen molar-refractivity contribution in [1.29, 1.82) is 0 Å². The fraction of sp³-hybridized carbons (Fsp3) is 0.857. The molecule has 46 valence electrons. The topological polar surface area (TPSA) is 0 Å². The molecule has 0 aromatic heterocycles. The Kier molecular flexibility index (Phi) is 0.760. The average molecular weight is 128 g/mol. The van der Waals surface area contributed by atoms with E-state index in [4.69, 9.17) is 0 Å². The molecule has 2 fully saturated rings. The van der Waals surface area contributed by atoms with E-state index in [0.717, 1.165) is 20.5 Å². The van der Waals surface area contributed by atoms with Crippen molar-refractivity contribution in [2.24, 2.45) is 0 Å². The van der Waals surface area contributed by atoms with Crippen molar-refractivity contribution in [1.82, 2.24) is 0 Å². The van der Waals surface area contributed by atoms with Crippen molar-refractivity contribution >= 4 is 15.9 Å². The van der Waals surface area contributed by atoms with Gasteiger partial charge in [0.25, 0.3) is 0 Å². The molecular weight excluding hydrogens is 116 g/mol. The van der Waals surface area contributed by atoms with Gasteiger partial charge in [0.15, 0.2) is 0 Å². The van der Waals surface area contributed by atoms with Crippen molar-refractivity contribution in [2.75, 3.05) is 0 Å². The van der Waals surface area contributed by atoms with Crippen LogP contribution in [-0.4, -0.2) is 15.4 Å². The maximum Gasteiger partial charge on any atom is 0.0233 e. The van der Waals surface area contributed by atoms with Gasteiger partial charge in [0.1, 0.15) is 0 Å². The molecule has 0 amide bonds. The summed E-state index contributed by atoms with van der Waals surface area (Å²) < 4.78 is 0.898. The van der Waals surface area contributed by atoms with E-state index < -0.39 is 0 Å². The van der Waals surface area contributed by atoms with Crippen LogP contribution < -0.4 is 0 Å². The first-order valence-corrected chi connectivity index (χ1v) is 4.72. The first-order valence-electron chi connectivity index (χ1n) is 3.36. The van der Waals surface area contributed by atoms with Crippen molar-refractivity contribution in [3.63, 3.8) is 0 Å².